The van der Waals surface area contributed by atoms with Gasteiger partial charge in [-0.1, -0.05) is 0 Å². The van der Waals surface area contributed by atoms with Gasteiger partial charge in [0, 0.05) is 17.1 Å². The Bertz CT molecular complexity index is 94.3. The molecule has 0 unspecified atom stereocenters. The van der Waals surface area contributed by atoms with Crippen LogP contribution in [-0.2, 0) is 27.5 Å². The van der Waals surface area contributed by atoms with Crippen LogP contribution >= 0.6 is 0 Å². The molecule has 0 atom stereocenters. The molecular weight excluding hydrogens is 344 g/mol. The summed E-state index contributed by atoms with van der Waals surface area (Å²) in [5, 5.41) is 0. The van der Waals surface area contributed by atoms with Gasteiger partial charge in [0.05, 0.1) is 0 Å². The van der Waals surface area contributed by atoms with E-state index < -0.39 is 10.4 Å². The molecule has 0 aromatic heterocycles. The molecule has 0 fully saturated rings. The molecule has 0 aromatic rings. The van der Waals surface area contributed by atoms with Gasteiger partial charge in [-0.25, -0.2) is 0 Å². The van der Waals surface area contributed by atoms with Gasteiger partial charge in [0.25, 0.3) is 0 Å². The van der Waals surface area contributed by atoms with Crippen LogP contribution in [0.25, 0.3) is 0 Å². The third-order valence-corrected chi connectivity index (χ3v) is 0. The molecular formula is H26FeO16S. The summed E-state index contributed by atoms with van der Waals surface area (Å²) in [6.07, 6.45) is 0. The SMILES string of the molecule is O.O.O.O.O.O.O.O.O.O.O.O.O=S(=O)(O)O.[Fe]. The second kappa shape index (κ2) is 123. The zero-order valence-corrected chi connectivity index (χ0v) is 10.4. The van der Waals surface area contributed by atoms with Gasteiger partial charge in [0.15, 0.2) is 0 Å². The average molecular weight is 370 g/mol. The van der Waals surface area contributed by atoms with E-state index in [1.165, 1.54) is 0 Å². The molecule has 0 saturated heterocycles. The summed E-state index contributed by atoms with van der Waals surface area (Å²) in [7, 11) is -4.67. The van der Waals surface area contributed by atoms with Crippen LogP contribution in [0.1, 0.15) is 0 Å². The van der Waals surface area contributed by atoms with Gasteiger partial charge in [0.1, 0.15) is 0 Å². The van der Waals surface area contributed by atoms with Gasteiger partial charge in [-0.15, -0.1) is 0 Å². The monoisotopic (exact) mass is 370 g/mol. The van der Waals surface area contributed by atoms with Crippen LogP contribution in [0.2, 0.25) is 0 Å². The fraction of sp³-hybridized carbons (Fsp3) is 0. The van der Waals surface area contributed by atoms with Crippen molar-refractivity contribution in [3.63, 3.8) is 0 Å². The van der Waals surface area contributed by atoms with Gasteiger partial charge in [0.2, 0.25) is 0 Å². The van der Waals surface area contributed by atoms with Crippen molar-refractivity contribution in [2.75, 3.05) is 0 Å². The minimum Gasteiger partial charge on any atom is -0.412 e. The molecule has 0 aliphatic rings. The van der Waals surface area contributed by atoms with Crippen molar-refractivity contribution in [2.45, 2.75) is 0 Å². The Balaban J connectivity index is -0.00000000103. The van der Waals surface area contributed by atoms with E-state index in [9.17, 15) is 0 Å². The predicted molar refractivity (Wildman–Crippen MR) is 57.5 cm³/mol. The zero-order chi connectivity index (χ0) is 4.50. The summed E-state index contributed by atoms with van der Waals surface area (Å²) in [5.74, 6) is 0. The first kappa shape index (κ1) is 335. The molecule has 0 heterocycles. The largest absolute Gasteiger partial charge is 0.412 e. The van der Waals surface area contributed by atoms with Crippen LogP contribution in [0.4, 0.5) is 0 Å². The normalized spacial score (nSPS) is 3.22. The van der Waals surface area contributed by atoms with Crippen LogP contribution in [0.15, 0.2) is 0 Å². The molecule has 26 N–H and O–H groups in total. The quantitative estimate of drug-likeness (QED) is 0.309. The van der Waals surface area contributed by atoms with Gasteiger partial charge in [-0.05, 0) is 0 Å². The first-order valence-corrected chi connectivity index (χ1v) is 2.10. The van der Waals surface area contributed by atoms with E-state index in [-0.39, 0.29) is 82.8 Å². The fourth-order valence-corrected chi connectivity index (χ4v) is 0. The molecule has 0 amide bonds. The van der Waals surface area contributed by atoms with Gasteiger partial charge >= 0.3 is 10.4 Å². The third-order valence-electron chi connectivity index (χ3n) is 0. The maximum Gasteiger partial charge on any atom is 0.394 e. The molecule has 0 bridgehead atoms. The zero-order valence-electron chi connectivity index (χ0n) is 8.47. The summed E-state index contributed by atoms with van der Waals surface area (Å²) >= 11 is 0. The molecule has 18 heteroatoms. The Morgan fingerprint density at radius 1 is 0.444 bits per heavy atom. The van der Waals surface area contributed by atoms with Crippen molar-refractivity contribution in [1.82, 2.24) is 0 Å². The maximum atomic E-state index is 8.74. The Morgan fingerprint density at radius 2 is 0.444 bits per heavy atom. The molecule has 0 radical (unpaired) electrons. The third kappa shape index (κ3) is 432000. The van der Waals surface area contributed by atoms with E-state index in [1.807, 2.05) is 0 Å². The minimum atomic E-state index is -4.67. The Hall–Kier alpha value is -0.0905. The first-order valence-electron chi connectivity index (χ1n) is 0.698. The van der Waals surface area contributed by atoms with Crippen LogP contribution in [-0.4, -0.2) is 83.2 Å². The molecule has 16 nitrogen and oxygen atoms in total. The Morgan fingerprint density at radius 3 is 0.444 bits per heavy atom. The van der Waals surface area contributed by atoms with Crippen LogP contribution in [0.5, 0.6) is 0 Å². The molecule has 0 aromatic carbocycles. The fourth-order valence-electron chi connectivity index (χ4n) is 0. The van der Waals surface area contributed by atoms with E-state index in [0.717, 1.165) is 0 Å². The van der Waals surface area contributed by atoms with Crippen molar-refractivity contribution in [2.24, 2.45) is 0 Å². The van der Waals surface area contributed by atoms with Gasteiger partial charge < -0.3 is 65.7 Å². The molecule has 136 valence electrons. The Labute approximate surface area is 111 Å². The summed E-state index contributed by atoms with van der Waals surface area (Å²) in [6, 6.07) is 0. The number of hydrogen-bond acceptors (Lipinski definition) is 2. The molecule has 0 spiro atoms. The summed E-state index contributed by atoms with van der Waals surface area (Å²) in [4.78, 5) is 0. The molecule has 0 rings (SSSR count). The first-order chi connectivity index (χ1) is 2.00. The topological polar surface area (TPSA) is 453 Å². The van der Waals surface area contributed by atoms with E-state index in [2.05, 4.69) is 0 Å². The molecule has 18 heavy (non-hydrogen) atoms. The minimum absolute atomic E-state index is 0. The van der Waals surface area contributed by atoms with Crippen molar-refractivity contribution in [1.29, 1.82) is 0 Å². The second-order valence-electron chi connectivity index (χ2n) is 0.448. The molecule has 0 saturated carbocycles. The average Bonchev–Trinajstić information content (AvgIpc) is 0.722. The van der Waals surface area contributed by atoms with E-state index >= 15 is 0 Å². The summed E-state index contributed by atoms with van der Waals surface area (Å²) in [5.41, 5.74) is 0. The van der Waals surface area contributed by atoms with E-state index in [0.29, 0.717) is 0 Å². The summed E-state index contributed by atoms with van der Waals surface area (Å²) < 4.78 is 31.6. The molecule has 0 aliphatic carbocycles. The van der Waals surface area contributed by atoms with E-state index in [4.69, 9.17) is 17.5 Å². The van der Waals surface area contributed by atoms with E-state index in [1.54, 1.807) is 0 Å². The number of rotatable bonds is 0. The smallest absolute Gasteiger partial charge is 0.394 e. The van der Waals surface area contributed by atoms with Crippen LogP contribution in [0.3, 0.4) is 0 Å². The Kier molecular flexibility index (Phi) is 2280. The van der Waals surface area contributed by atoms with Gasteiger partial charge in [-0.2, -0.15) is 8.42 Å². The van der Waals surface area contributed by atoms with Gasteiger partial charge in [-0.3, -0.25) is 9.11 Å². The second-order valence-corrected chi connectivity index (χ2v) is 1.34. The van der Waals surface area contributed by atoms with Crippen molar-refractivity contribution < 1.29 is 100 Å². The van der Waals surface area contributed by atoms with Crippen molar-refractivity contribution in [3.8, 4) is 0 Å². The predicted octanol–water partition coefficient (Wildman–Crippen LogP) is -10.6. The van der Waals surface area contributed by atoms with Crippen LogP contribution in [0, 0.1) is 0 Å². The standard InChI is InChI=1S/Fe.H2O4S.12H2O/c;1-5(2,3)4;;;;;;;;;;;;/h;(H2,1,2,3,4);12*1H2. The summed E-state index contributed by atoms with van der Waals surface area (Å²) in [6.45, 7) is 0. The maximum absolute atomic E-state index is 8.74. The van der Waals surface area contributed by atoms with Crippen LogP contribution < -0.4 is 0 Å². The van der Waals surface area contributed by atoms with Crippen molar-refractivity contribution in [3.05, 3.63) is 0 Å². The number of hydrogen-bond donors (Lipinski definition) is 2. The van der Waals surface area contributed by atoms with Crippen molar-refractivity contribution >= 4 is 10.4 Å². The molecule has 0 aliphatic heterocycles.